The molecule has 0 aliphatic rings. The minimum absolute atomic E-state index is 0. The summed E-state index contributed by atoms with van der Waals surface area (Å²) in [4.78, 5) is 0. The summed E-state index contributed by atoms with van der Waals surface area (Å²) in [7, 11) is 0. The molecular weight excluding hydrogens is 473 g/mol. The van der Waals surface area contributed by atoms with Crippen molar-refractivity contribution >= 4 is 0 Å². The Labute approximate surface area is 178 Å². The van der Waals surface area contributed by atoms with Crippen molar-refractivity contribution in [3.63, 3.8) is 0 Å². The number of rotatable bonds is 8. The van der Waals surface area contributed by atoms with Gasteiger partial charge in [-0.05, 0) is 0 Å². The summed E-state index contributed by atoms with van der Waals surface area (Å²) in [5.74, 6) is 0.785. The molecule has 0 amide bonds. The van der Waals surface area contributed by atoms with Gasteiger partial charge in [0.25, 0.3) is 0 Å². The van der Waals surface area contributed by atoms with Crippen LogP contribution in [0.25, 0.3) is 16.0 Å². The molecule has 146 valence electrons. The van der Waals surface area contributed by atoms with Crippen LogP contribution in [0.1, 0.15) is 61.0 Å². The van der Waals surface area contributed by atoms with Crippen molar-refractivity contribution < 1.29 is 25.8 Å². The van der Waals surface area contributed by atoms with Gasteiger partial charge in [-0.15, -0.1) is 0 Å². The molecule has 0 bridgehead atoms. The maximum atomic E-state index is 3.97. The molecule has 0 heterocycles. The predicted octanol–water partition coefficient (Wildman–Crippen LogP) is 6.80. The average Bonchev–Trinajstić information content (AvgIpc) is 3.04. The van der Waals surface area contributed by atoms with Crippen LogP contribution in [0.5, 0.6) is 0 Å². The van der Waals surface area contributed by atoms with Gasteiger partial charge in [0.05, 0.1) is 0 Å². The van der Waals surface area contributed by atoms with Crippen molar-refractivity contribution in [1.82, 2.24) is 0 Å². The first kappa shape index (κ1) is 32.7. The molecule has 3 nitrogen and oxygen atoms in total. The van der Waals surface area contributed by atoms with E-state index >= 15 is 0 Å². The van der Waals surface area contributed by atoms with E-state index in [1.54, 1.807) is 0 Å². The van der Waals surface area contributed by atoms with Crippen molar-refractivity contribution in [2.45, 2.75) is 61.8 Å². The molecule has 1 aromatic carbocycles. The third-order valence-electron chi connectivity index (χ3n) is 2.72. The topological polar surface area (TPSA) is 42.3 Å². The van der Waals surface area contributed by atoms with E-state index in [0.717, 1.165) is 45.2 Å². The second-order valence-electron chi connectivity index (χ2n) is 5.46. The van der Waals surface area contributed by atoms with Gasteiger partial charge >= 0.3 is 25.8 Å². The molecule has 0 radical (unpaired) electrons. The van der Waals surface area contributed by atoms with E-state index in [9.17, 15) is 0 Å². The summed E-state index contributed by atoms with van der Waals surface area (Å²) < 4.78 is 0. The number of hydrogen-bond acceptors (Lipinski definition) is 0. The van der Waals surface area contributed by atoms with Crippen molar-refractivity contribution in [3.8, 4) is 0 Å². The third kappa shape index (κ3) is 40.3. The molecule has 0 aliphatic carbocycles. The Balaban J connectivity index is -0.000000122. The molecule has 25 heavy (non-hydrogen) atoms. The molecule has 0 saturated heterocycles. The summed E-state index contributed by atoms with van der Waals surface area (Å²) in [6.07, 6.45) is 1.22. The summed E-state index contributed by atoms with van der Waals surface area (Å²) >= 11 is 0. The minimum Gasteiger partial charge on any atom is -0.663 e. The minimum atomic E-state index is 0. The summed E-state index contributed by atoms with van der Waals surface area (Å²) in [5, 5.41) is 11.9. The zero-order chi connectivity index (χ0) is 19.1. The van der Waals surface area contributed by atoms with E-state index in [1.807, 2.05) is 41.5 Å². The molecule has 0 fully saturated rings. The van der Waals surface area contributed by atoms with Crippen molar-refractivity contribution in [3.05, 3.63) is 45.8 Å². The van der Waals surface area contributed by atoms with Gasteiger partial charge in [0.1, 0.15) is 0 Å². The Morgan fingerprint density at radius 1 is 0.640 bits per heavy atom. The van der Waals surface area contributed by atoms with E-state index in [0.29, 0.717) is 0 Å². The van der Waals surface area contributed by atoms with Crippen LogP contribution in [0.15, 0.2) is 24.3 Å². The van der Waals surface area contributed by atoms with Crippen LogP contribution in [0.2, 0.25) is 0 Å². The summed E-state index contributed by atoms with van der Waals surface area (Å²) in [6, 6.07) is 8.55. The normalized spacial score (nSPS) is 8.84. The zero-order valence-corrected chi connectivity index (χ0v) is 21.8. The molecular formula is C21H43HfN3. The smallest absolute Gasteiger partial charge is 0.663 e. The fourth-order valence-corrected chi connectivity index (χ4v) is 1.69. The van der Waals surface area contributed by atoms with Gasteiger partial charge in [-0.25, -0.2) is 12.1 Å². The standard InChI is InChI=1S/C9H13.3C4H10N.Hf/c1-8(2)7-9-5-3-4-6-9;3*1-3-5-4-2;/h3-6,8H,7H2,1-2H3;3*3-4H2,1-2H3;/q4*-1;+4. The molecule has 0 aliphatic heterocycles. The third-order valence-corrected chi connectivity index (χ3v) is 2.72. The van der Waals surface area contributed by atoms with E-state index in [1.165, 1.54) is 12.0 Å². The fraction of sp³-hybridized carbons (Fsp3) is 0.762. The maximum Gasteiger partial charge on any atom is 4.00 e. The van der Waals surface area contributed by atoms with Gasteiger partial charge in [0.2, 0.25) is 0 Å². The molecule has 4 heteroatoms. The molecule has 0 saturated carbocycles. The van der Waals surface area contributed by atoms with Crippen molar-refractivity contribution in [2.24, 2.45) is 5.92 Å². The molecule has 0 spiro atoms. The largest absolute Gasteiger partial charge is 4.00 e. The molecule has 1 aromatic rings. The van der Waals surface area contributed by atoms with E-state index < -0.39 is 0 Å². The maximum absolute atomic E-state index is 3.97. The van der Waals surface area contributed by atoms with Gasteiger partial charge < -0.3 is 16.0 Å². The SMILES string of the molecule is CC(C)C[c-]1cccc1.CC[N-]CC.CC[N-]CC.CC[N-]CC.[Hf+4]. The monoisotopic (exact) mass is 517 g/mol. The molecule has 0 atom stereocenters. The van der Waals surface area contributed by atoms with Crippen LogP contribution < -0.4 is 0 Å². The van der Waals surface area contributed by atoms with Crippen LogP contribution in [-0.4, -0.2) is 39.3 Å². The summed E-state index contributed by atoms with van der Waals surface area (Å²) in [6.45, 7) is 22.6. The quantitative estimate of drug-likeness (QED) is 0.270. The zero-order valence-electron chi connectivity index (χ0n) is 18.2. The van der Waals surface area contributed by atoms with Gasteiger partial charge in [0, 0.05) is 0 Å². The van der Waals surface area contributed by atoms with Gasteiger partial charge in [-0.2, -0.15) is 57.0 Å². The van der Waals surface area contributed by atoms with Crippen LogP contribution in [0, 0.1) is 5.92 Å². The second kappa shape index (κ2) is 31.8. The van der Waals surface area contributed by atoms with Gasteiger partial charge in [0.15, 0.2) is 0 Å². The second-order valence-corrected chi connectivity index (χ2v) is 5.46. The van der Waals surface area contributed by atoms with Crippen LogP contribution >= 0.6 is 0 Å². The van der Waals surface area contributed by atoms with E-state index in [-0.39, 0.29) is 25.8 Å². The molecule has 0 aromatic heterocycles. The van der Waals surface area contributed by atoms with Crippen molar-refractivity contribution in [2.75, 3.05) is 39.3 Å². The Bertz CT molecular complexity index is 254. The number of hydrogen-bond donors (Lipinski definition) is 0. The summed E-state index contributed by atoms with van der Waals surface area (Å²) in [5.41, 5.74) is 1.46. The Morgan fingerprint density at radius 2 is 0.920 bits per heavy atom. The van der Waals surface area contributed by atoms with Crippen LogP contribution in [0.4, 0.5) is 0 Å². The van der Waals surface area contributed by atoms with Gasteiger partial charge in [-0.1, -0.05) is 67.7 Å². The molecule has 0 unspecified atom stereocenters. The van der Waals surface area contributed by atoms with E-state index in [4.69, 9.17) is 0 Å². The Hall–Kier alpha value is 0.100. The van der Waals surface area contributed by atoms with Crippen LogP contribution in [0.3, 0.4) is 0 Å². The Morgan fingerprint density at radius 3 is 1.08 bits per heavy atom. The van der Waals surface area contributed by atoms with Crippen molar-refractivity contribution in [1.29, 1.82) is 0 Å². The average molecular weight is 516 g/mol. The first-order valence-corrected chi connectivity index (χ1v) is 9.63. The first-order chi connectivity index (χ1) is 11.5. The van der Waals surface area contributed by atoms with E-state index in [2.05, 4.69) is 54.1 Å². The van der Waals surface area contributed by atoms with Gasteiger partial charge in [-0.3, -0.25) is 0 Å². The number of nitrogens with zero attached hydrogens (tertiary/aromatic N) is 3. The van der Waals surface area contributed by atoms with Crippen LogP contribution in [-0.2, 0) is 32.3 Å². The molecule has 1 rings (SSSR count). The predicted molar refractivity (Wildman–Crippen MR) is 114 cm³/mol. The fourth-order valence-electron chi connectivity index (χ4n) is 1.69. The first-order valence-electron chi connectivity index (χ1n) is 9.63. The molecule has 0 N–H and O–H groups in total. The Kier molecular flexibility index (Phi) is 41.7.